The molecule has 16 heavy (non-hydrogen) atoms. The first-order valence-electron chi connectivity index (χ1n) is 4.85. The maximum absolute atomic E-state index is 11.6. The van der Waals surface area contributed by atoms with E-state index in [9.17, 15) is 14.4 Å². The van der Waals surface area contributed by atoms with Crippen molar-refractivity contribution in [2.45, 2.75) is 20.3 Å². The monoisotopic (exact) mass is 216 g/mol. The van der Waals surface area contributed by atoms with Gasteiger partial charge in [-0.25, -0.2) is 0 Å². The van der Waals surface area contributed by atoms with Gasteiger partial charge >= 0.3 is 0 Å². The zero-order valence-electron chi connectivity index (χ0n) is 9.24. The number of Topliss-reactive ketones (excluding diaryl/α,β-unsaturated/α-hetero) is 3. The number of benzene rings is 1. The standard InChI is InChI=1S/C13H12O3/c1-8-4-5-11(10(3)15)7-12(8)13(16)6-9(2)14/h2,4-5,7H,6H2,1,3H3. The predicted octanol–water partition coefficient (Wildman–Crippen LogP) is 2.05. The second kappa shape index (κ2) is 4.84. The van der Waals surface area contributed by atoms with Crippen LogP contribution in [0.3, 0.4) is 0 Å². The number of aryl methyl sites for hydroxylation is 1. The van der Waals surface area contributed by atoms with E-state index < -0.39 is 5.78 Å². The van der Waals surface area contributed by atoms with E-state index in [2.05, 4.69) is 0 Å². The molecular formula is C13H12O3. The van der Waals surface area contributed by atoms with Gasteiger partial charge in [0, 0.05) is 18.1 Å². The molecule has 0 heterocycles. The first kappa shape index (κ1) is 12.3. The molecule has 0 aliphatic carbocycles. The summed E-state index contributed by atoms with van der Waals surface area (Å²) in [6.07, 6.45) is -0.331. The third kappa shape index (κ3) is 2.86. The van der Waals surface area contributed by atoms with Crippen molar-refractivity contribution in [1.82, 2.24) is 0 Å². The second-order valence-electron chi connectivity index (χ2n) is 3.65. The molecule has 0 aliphatic rings. The quantitative estimate of drug-likeness (QED) is 0.571. The lowest BCUT2D eigenvalue weighted by Crippen LogP contribution is -2.08. The predicted molar refractivity (Wildman–Crippen MR) is 59.4 cm³/mol. The summed E-state index contributed by atoms with van der Waals surface area (Å²) in [7, 11) is 0. The number of hydrogen-bond acceptors (Lipinski definition) is 3. The van der Waals surface area contributed by atoms with Crippen molar-refractivity contribution in [3.8, 4) is 0 Å². The number of carbonyl (C=O) groups is 3. The van der Waals surface area contributed by atoms with Crippen molar-refractivity contribution in [2.75, 3.05) is 0 Å². The van der Waals surface area contributed by atoms with Crippen LogP contribution in [0.4, 0.5) is 0 Å². The van der Waals surface area contributed by atoms with Crippen molar-refractivity contribution in [2.24, 2.45) is 0 Å². The molecule has 0 fully saturated rings. The summed E-state index contributed by atoms with van der Waals surface area (Å²) >= 11 is 0. The van der Waals surface area contributed by atoms with Crippen LogP contribution in [0, 0.1) is 13.8 Å². The van der Waals surface area contributed by atoms with Crippen LogP contribution < -0.4 is 0 Å². The van der Waals surface area contributed by atoms with Gasteiger partial charge < -0.3 is 0 Å². The zero-order valence-corrected chi connectivity index (χ0v) is 9.24. The number of ketones is 3. The molecule has 82 valence electrons. The average Bonchev–Trinajstić information content (AvgIpc) is 2.16. The van der Waals surface area contributed by atoms with E-state index in [1.54, 1.807) is 19.1 Å². The molecule has 0 atom stereocenters. The summed E-state index contributed by atoms with van der Waals surface area (Å²) in [6.45, 7) is 8.12. The van der Waals surface area contributed by atoms with E-state index in [-0.39, 0.29) is 18.0 Å². The molecule has 1 rings (SSSR count). The van der Waals surface area contributed by atoms with E-state index in [1.807, 2.05) is 0 Å². The molecule has 0 aliphatic heterocycles. The Morgan fingerprint density at radius 3 is 2.38 bits per heavy atom. The Hall–Kier alpha value is -1.77. The highest BCUT2D eigenvalue weighted by atomic mass is 16.1. The normalized spacial score (nSPS) is 9.94. The molecule has 0 amide bonds. The highest BCUT2D eigenvalue weighted by Gasteiger charge is 2.13. The van der Waals surface area contributed by atoms with E-state index >= 15 is 0 Å². The molecule has 0 bridgehead atoms. The molecule has 0 unspecified atom stereocenters. The highest BCUT2D eigenvalue weighted by molar-refractivity contribution is 6.10. The van der Waals surface area contributed by atoms with Gasteiger partial charge in [-0.3, -0.25) is 14.4 Å². The SMILES string of the molecule is [CH]C(=O)CC(=O)c1cc(C(C)=O)ccc1C. The van der Waals surface area contributed by atoms with Crippen LogP contribution in [0.1, 0.15) is 39.6 Å². The number of rotatable bonds is 4. The maximum Gasteiger partial charge on any atom is 0.170 e. The fourth-order valence-corrected chi connectivity index (χ4v) is 1.39. The second-order valence-corrected chi connectivity index (χ2v) is 3.65. The lowest BCUT2D eigenvalue weighted by molar-refractivity contribution is -0.114. The van der Waals surface area contributed by atoms with E-state index in [4.69, 9.17) is 6.92 Å². The first-order chi connectivity index (χ1) is 7.41. The average molecular weight is 216 g/mol. The highest BCUT2D eigenvalue weighted by Crippen LogP contribution is 2.14. The molecule has 0 N–H and O–H groups in total. The van der Waals surface area contributed by atoms with Gasteiger partial charge in [0.15, 0.2) is 11.6 Å². The van der Waals surface area contributed by atoms with Gasteiger partial charge in [-0.1, -0.05) is 12.1 Å². The Bertz CT molecular complexity index is 458. The summed E-state index contributed by atoms with van der Waals surface area (Å²) in [5, 5.41) is 0. The van der Waals surface area contributed by atoms with E-state index in [0.29, 0.717) is 11.1 Å². The topological polar surface area (TPSA) is 51.2 Å². The van der Waals surface area contributed by atoms with E-state index in [0.717, 1.165) is 5.56 Å². The molecular weight excluding hydrogens is 204 g/mol. The zero-order chi connectivity index (χ0) is 12.3. The molecule has 0 saturated heterocycles. The molecule has 3 heteroatoms. The number of hydrogen-bond donors (Lipinski definition) is 0. The molecule has 0 spiro atoms. The minimum Gasteiger partial charge on any atom is -0.299 e. The lowest BCUT2D eigenvalue weighted by Gasteiger charge is -2.05. The van der Waals surface area contributed by atoms with Crippen molar-refractivity contribution < 1.29 is 14.4 Å². The van der Waals surface area contributed by atoms with Gasteiger partial charge in [-0.2, -0.15) is 0 Å². The third-order valence-electron chi connectivity index (χ3n) is 2.28. The summed E-state index contributed by atoms with van der Waals surface area (Å²) in [6, 6.07) is 4.84. The molecule has 1 aromatic carbocycles. The third-order valence-corrected chi connectivity index (χ3v) is 2.28. The minimum atomic E-state index is -0.669. The van der Waals surface area contributed by atoms with Crippen molar-refractivity contribution >= 4 is 17.3 Å². The first-order valence-corrected chi connectivity index (χ1v) is 4.85. The van der Waals surface area contributed by atoms with Crippen molar-refractivity contribution in [1.29, 1.82) is 0 Å². The van der Waals surface area contributed by atoms with Crippen LogP contribution in [0.15, 0.2) is 18.2 Å². The molecule has 0 saturated carbocycles. The molecule has 2 radical (unpaired) electrons. The summed E-state index contributed by atoms with van der Waals surface area (Å²) in [4.78, 5) is 33.4. The van der Waals surface area contributed by atoms with Crippen molar-refractivity contribution in [3.63, 3.8) is 0 Å². The Labute approximate surface area is 94.5 Å². The Balaban J connectivity index is 3.11. The minimum absolute atomic E-state index is 0.117. The molecule has 3 nitrogen and oxygen atoms in total. The number of carbonyl (C=O) groups excluding carboxylic acids is 3. The maximum atomic E-state index is 11.6. The molecule has 0 aromatic heterocycles. The molecule has 1 aromatic rings. The Morgan fingerprint density at radius 2 is 1.88 bits per heavy atom. The summed E-state index contributed by atoms with van der Waals surface area (Å²) in [5.74, 6) is -1.14. The van der Waals surface area contributed by atoms with Gasteiger partial charge in [0.25, 0.3) is 0 Å². The van der Waals surface area contributed by atoms with Gasteiger partial charge in [0.2, 0.25) is 0 Å². The summed E-state index contributed by atoms with van der Waals surface area (Å²) < 4.78 is 0. The van der Waals surface area contributed by atoms with Crippen LogP contribution in [0.25, 0.3) is 0 Å². The van der Waals surface area contributed by atoms with Crippen LogP contribution in [-0.2, 0) is 4.79 Å². The lowest BCUT2D eigenvalue weighted by atomic mass is 9.98. The van der Waals surface area contributed by atoms with Crippen molar-refractivity contribution in [3.05, 3.63) is 41.8 Å². The van der Waals surface area contributed by atoms with E-state index in [1.165, 1.54) is 13.0 Å². The van der Waals surface area contributed by atoms with Gasteiger partial charge in [0.1, 0.15) is 5.78 Å². The fraction of sp³-hybridized carbons (Fsp3) is 0.231. The van der Waals surface area contributed by atoms with Gasteiger partial charge in [-0.05, 0) is 25.5 Å². The largest absolute Gasteiger partial charge is 0.299 e. The van der Waals surface area contributed by atoms with Gasteiger partial charge in [-0.15, -0.1) is 0 Å². The van der Waals surface area contributed by atoms with Crippen LogP contribution in [0.2, 0.25) is 0 Å². The smallest absolute Gasteiger partial charge is 0.170 e. The Morgan fingerprint density at radius 1 is 1.25 bits per heavy atom. The van der Waals surface area contributed by atoms with Gasteiger partial charge in [0.05, 0.1) is 6.42 Å². The van der Waals surface area contributed by atoms with Crippen LogP contribution in [0.5, 0.6) is 0 Å². The van der Waals surface area contributed by atoms with Crippen LogP contribution >= 0.6 is 0 Å². The van der Waals surface area contributed by atoms with Crippen LogP contribution in [-0.4, -0.2) is 17.3 Å². The Kier molecular flexibility index (Phi) is 3.72. The summed E-state index contributed by atoms with van der Waals surface area (Å²) in [5.41, 5.74) is 1.57. The fourth-order valence-electron chi connectivity index (χ4n) is 1.39.